The Hall–Kier alpha value is -3.53. The van der Waals surface area contributed by atoms with Crippen LogP contribution in [0.1, 0.15) is 11.4 Å². The van der Waals surface area contributed by atoms with E-state index in [0.29, 0.717) is 17.2 Å². The van der Waals surface area contributed by atoms with Crippen molar-refractivity contribution in [3.05, 3.63) is 66.2 Å². The van der Waals surface area contributed by atoms with E-state index in [0.717, 1.165) is 27.6 Å². The molecule has 31 heavy (non-hydrogen) atoms. The number of imidazole rings is 1. The van der Waals surface area contributed by atoms with Gasteiger partial charge in [0, 0.05) is 30.7 Å². The standard InChI is InChI=1S/C21H22N4O5S/c1-15-22-9-10-24(15)17-5-3-16(4-6-17)12-23-21(26)13-25(31(2,27)28)18-7-8-19-20(11-18)30-14-29-19/h3-11H,12-14H2,1-2H3,(H,23,26). The average Bonchev–Trinajstić information content (AvgIpc) is 3.38. The van der Waals surface area contributed by atoms with Gasteiger partial charge in [0.2, 0.25) is 22.7 Å². The maximum atomic E-state index is 12.5. The summed E-state index contributed by atoms with van der Waals surface area (Å²) in [6.45, 7) is 1.94. The number of benzene rings is 2. The van der Waals surface area contributed by atoms with Crippen molar-refractivity contribution in [2.75, 3.05) is 23.9 Å². The summed E-state index contributed by atoms with van der Waals surface area (Å²) in [4.78, 5) is 16.7. The molecule has 1 amide bonds. The molecule has 2 heterocycles. The second-order valence-electron chi connectivity index (χ2n) is 7.09. The fourth-order valence-electron chi connectivity index (χ4n) is 3.25. The van der Waals surface area contributed by atoms with Crippen molar-refractivity contribution in [2.45, 2.75) is 13.5 Å². The SMILES string of the molecule is Cc1nccn1-c1ccc(CNC(=O)CN(c2ccc3c(c2)OCO3)S(C)(=O)=O)cc1. The van der Waals surface area contributed by atoms with Gasteiger partial charge in [-0.2, -0.15) is 0 Å². The molecule has 0 bridgehead atoms. The molecule has 9 nitrogen and oxygen atoms in total. The number of carbonyl (C=O) groups is 1. The highest BCUT2D eigenvalue weighted by Crippen LogP contribution is 2.36. The molecule has 4 rings (SSSR count). The number of rotatable bonds is 7. The Balaban J connectivity index is 1.41. The highest BCUT2D eigenvalue weighted by atomic mass is 32.2. The molecule has 0 atom stereocenters. The van der Waals surface area contributed by atoms with Crippen LogP contribution >= 0.6 is 0 Å². The van der Waals surface area contributed by atoms with E-state index in [2.05, 4.69) is 10.3 Å². The van der Waals surface area contributed by atoms with E-state index in [-0.39, 0.29) is 19.9 Å². The summed E-state index contributed by atoms with van der Waals surface area (Å²) in [6.07, 6.45) is 4.67. The Morgan fingerprint density at radius 2 is 1.90 bits per heavy atom. The molecular weight excluding hydrogens is 420 g/mol. The van der Waals surface area contributed by atoms with Crippen molar-refractivity contribution >= 4 is 21.6 Å². The van der Waals surface area contributed by atoms with E-state index in [9.17, 15) is 13.2 Å². The molecule has 10 heteroatoms. The van der Waals surface area contributed by atoms with Crippen molar-refractivity contribution in [1.82, 2.24) is 14.9 Å². The van der Waals surface area contributed by atoms with Gasteiger partial charge in [-0.05, 0) is 36.8 Å². The second kappa shape index (κ2) is 8.31. The van der Waals surface area contributed by atoms with E-state index in [1.807, 2.05) is 42.0 Å². The van der Waals surface area contributed by atoms with Gasteiger partial charge < -0.3 is 19.4 Å². The molecule has 0 saturated heterocycles. The largest absolute Gasteiger partial charge is 0.454 e. The monoisotopic (exact) mass is 442 g/mol. The van der Waals surface area contributed by atoms with Gasteiger partial charge >= 0.3 is 0 Å². The smallest absolute Gasteiger partial charge is 0.241 e. The molecule has 0 fully saturated rings. The van der Waals surface area contributed by atoms with Crippen molar-refractivity contribution < 1.29 is 22.7 Å². The van der Waals surface area contributed by atoms with Gasteiger partial charge in [-0.3, -0.25) is 9.10 Å². The number of nitrogens with one attached hydrogen (secondary N) is 1. The van der Waals surface area contributed by atoms with Gasteiger partial charge in [0.25, 0.3) is 0 Å². The number of ether oxygens (including phenoxy) is 2. The third-order valence-corrected chi connectivity index (χ3v) is 6.00. The normalized spacial score (nSPS) is 12.6. The number of carbonyl (C=O) groups excluding carboxylic acids is 1. The minimum atomic E-state index is -3.68. The molecule has 0 aliphatic carbocycles. The number of nitrogens with zero attached hydrogens (tertiary/aromatic N) is 3. The van der Waals surface area contributed by atoms with Crippen LogP contribution in [0.15, 0.2) is 54.9 Å². The predicted molar refractivity (Wildman–Crippen MR) is 115 cm³/mol. The average molecular weight is 442 g/mol. The lowest BCUT2D eigenvalue weighted by molar-refractivity contribution is -0.119. The molecule has 2 aromatic carbocycles. The zero-order valence-electron chi connectivity index (χ0n) is 17.1. The Labute approximate surface area is 180 Å². The van der Waals surface area contributed by atoms with Gasteiger partial charge in [0.1, 0.15) is 12.4 Å². The summed E-state index contributed by atoms with van der Waals surface area (Å²) in [5.41, 5.74) is 2.20. The van der Waals surface area contributed by atoms with Crippen LogP contribution in [0, 0.1) is 6.92 Å². The lowest BCUT2D eigenvalue weighted by Crippen LogP contribution is -2.40. The number of hydrogen-bond acceptors (Lipinski definition) is 6. The summed E-state index contributed by atoms with van der Waals surface area (Å²) in [7, 11) is -3.68. The van der Waals surface area contributed by atoms with E-state index in [1.165, 1.54) is 0 Å². The van der Waals surface area contributed by atoms with Crippen LogP contribution in [0.25, 0.3) is 5.69 Å². The molecule has 1 aliphatic heterocycles. The molecule has 1 aliphatic rings. The number of amides is 1. The Bertz CT molecular complexity index is 1200. The molecule has 162 valence electrons. The summed E-state index contributed by atoms with van der Waals surface area (Å²) in [5, 5.41) is 2.77. The van der Waals surface area contributed by atoms with E-state index >= 15 is 0 Å². The predicted octanol–water partition coefficient (Wildman–Crippen LogP) is 1.99. The first kappa shape index (κ1) is 20.7. The van der Waals surface area contributed by atoms with Gasteiger partial charge in [0.05, 0.1) is 11.9 Å². The van der Waals surface area contributed by atoms with Crippen LogP contribution in [0.3, 0.4) is 0 Å². The molecule has 3 aromatic rings. The Kier molecular flexibility index (Phi) is 5.55. The molecule has 1 aromatic heterocycles. The van der Waals surface area contributed by atoms with Gasteiger partial charge in [-0.25, -0.2) is 13.4 Å². The molecule has 0 radical (unpaired) electrons. The summed E-state index contributed by atoms with van der Waals surface area (Å²) < 4.78 is 38.1. The lowest BCUT2D eigenvalue weighted by Gasteiger charge is -2.22. The summed E-state index contributed by atoms with van der Waals surface area (Å²) in [6, 6.07) is 12.4. The van der Waals surface area contributed by atoms with Gasteiger partial charge in [-0.1, -0.05) is 12.1 Å². The van der Waals surface area contributed by atoms with Crippen LogP contribution in [0.4, 0.5) is 5.69 Å². The first-order chi connectivity index (χ1) is 14.8. The fraction of sp³-hybridized carbons (Fsp3) is 0.238. The van der Waals surface area contributed by atoms with Gasteiger partial charge in [0.15, 0.2) is 11.5 Å². The fourth-order valence-corrected chi connectivity index (χ4v) is 4.10. The number of hydrogen-bond donors (Lipinski definition) is 1. The molecule has 0 saturated carbocycles. The van der Waals surface area contributed by atoms with Crippen LogP contribution in [-0.4, -0.2) is 43.5 Å². The number of sulfonamides is 1. The Morgan fingerprint density at radius 3 is 2.58 bits per heavy atom. The zero-order chi connectivity index (χ0) is 22.0. The topological polar surface area (TPSA) is 103 Å². The first-order valence-corrected chi connectivity index (χ1v) is 11.4. The quantitative estimate of drug-likeness (QED) is 0.600. The highest BCUT2D eigenvalue weighted by Gasteiger charge is 2.23. The first-order valence-electron chi connectivity index (χ1n) is 9.54. The van der Waals surface area contributed by atoms with Crippen LogP contribution < -0.4 is 19.1 Å². The molecule has 0 unspecified atom stereocenters. The summed E-state index contributed by atoms with van der Waals surface area (Å²) in [5.74, 6) is 1.44. The van der Waals surface area contributed by atoms with E-state index in [4.69, 9.17) is 9.47 Å². The van der Waals surface area contributed by atoms with Crippen molar-refractivity contribution in [3.8, 4) is 17.2 Å². The lowest BCUT2D eigenvalue weighted by atomic mass is 10.2. The molecule has 1 N–H and O–H groups in total. The third kappa shape index (κ3) is 4.64. The van der Waals surface area contributed by atoms with E-state index < -0.39 is 15.9 Å². The van der Waals surface area contributed by atoms with Crippen LogP contribution in [0.2, 0.25) is 0 Å². The molecule has 0 spiro atoms. The van der Waals surface area contributed by atoms with Crippen LogP contribution in [-0.2, 0) is 21.4 Å². The summed E-state index contributed by atoms with van der Waals surface area (Å²) >= 11 is 0. The van der Waals surface area contributed by atoms with Gasteiger partial charge in [-0.15, -0.1) is 0 Å². The highest BCUT2D eigenvalue weighted by molar-refractivity contribution is 7.92. The Morgan fingerprint density at radius 1 is 1.16 bits per heavy atom. The zero-order valence-corrected chi connectivity index (χ0v) is 17.9. The minimum Gasteiger partial charge on any atom is -0.454 e. The maximum Gasteiger partial charge on any atom is 0.241 e. The number of anilines is 1. The molecular formula is C21H22N4O5S. The van der Waals surface area contributed by atoms with E-state index in [1.54, 1.807) is 24.4 Å². The van der Waals surface area contributed by atoms with Crippen molar-refractivity contribution in [1.29, 1.82) is 0 Å². The number of fused-ring (bicyclic) bond motifs is 1. The van der Waals surface area contributed by atoms with Crippen molar-refractivity contribution in [2.24, 2.45) is 0 Å². The third-order valence-electron chi connectivity index (χ3n) is 4.86. The minimum absolute atomic E-state index is 0.0807. The maximum absolute atomic E-state index is 12.5. The van der Waals surface area contributed by atoms with Crippen molar-refractivity contribution in [3.63, 3.8) is 0 Å². The second-order valence-corrected chi connectivity index (χ2v) is 9.00. The number of aryl methyl sites for hydroxylation is 1. The van der Waals surface area contributed by atoms with Crippen LogP contribution in [0.5, 0.6) is 11.5 Å². The number of aromatic nitrogens is 2.